The van der Waals surface area contributed by atoms with E-state index in [9.17, 15) is 14.7 Å². The molecule has 2 aliphatic carbocycles. The van der Waals surface area contributed by atoms with E-state index in [4.69, 9.17) is 4.74 Å². The maximum atomic E-state index is 12.1. The lowest BCUT2D eigenvalue weighted by Gasteiger charge is -2.31. The van der Waals surface area contributed by atoms with Crippen LogP contribution < -0.4 is 10.6 Å². The highest BCUT2D eigenvalue weighted by Crippen LogP contribution is 2.31. The van der Waals surface area contributed by atoms with E-state index < -0.39 is 24.1 Å². The number of amides is 2. The molecular formula is C19H26N2O4. The quantitative estimate of drug-likeness (QED) is 0.673. The number of aliphatic hydroxyl groups is 1. The number of hydrogen-bond acceptors (Lipinski definition) is 4. The Bertz CT molecular complexity index is 584. The summed E-state index contributed by atoms with van der Waals surface area (Å²) < 4.78 is 5.22. The Kier molecular flexibility index (Phi) is 5.91. The summed E-state index contributed by atoms with van der Waals surface area (Å²) in [6, 6.07) is 8.95. The van der Waals surface area contributed by atoms with Gasteiger partial charge in [0.2, 0.25) is 0 Å². The van der Waals surface area contributed by atoms with Crippen LogP contribution in [0.15, 0.2) is 30.3 Å². The van der Waals surface area contributed by atoms with Crippen LogP contribution in [0.5, 0.6) is 0 Å². The number of nitrogens with one attached hydrogen (secondary N) is 2. The molecule has 0 heterocycles. The van der Waals surface area contributed by atoms with Gasteiger partial charge in [0.15, 0.2) is 6.10 Å². The van der Waals surface area contributed by atoms with Crippen molar-refractivity contribution >= 4 is 12.0 Å². The molecule has 2 amide bonds. The molecule has 1 aromatic rings. The Hall–Kier alpha value is -2.08. The van der Waals surface area contributed by atoms with E-state index in [0.717, 1.165) is 31.2 Å². The average Bonchev–Trinajstić information content (AvgIpc) is 3.39. The number of benzene rings is 1. The molecule has 0 saturated heterocycles. The Balaban J connectivity index is 1.52. The van der Waals surface area contributed by atoms with Gasteiger partial charge < -0.3 is 20.5 Å². The normalized spacial score (nSPS) is 19.4. The van der Waals surface area contributed by atoms with Crippen LogP contribution in [-0.2, 0) is 16.1 Å². The van der Waals surface area contributed by atoms with Gasteiger partial charge in [0, 0.05) is 6.04 Å². The molecule has 2 fully saturated rings. The van der Waals surface area contributed by atoms with E-state index in [2.05, 4.69) is 10.6 Å². The second-order valence-corrected chi connectivity index (χ2v) is 7.07. The number of aliphatic hydroxyl groups excluding tert-OH is 1. The summed E-state index contributed by atoms with van der Waals surface area (Å²) in [7, 11) is 0. The third-order valence-electron chi connectivity index (χ3n) is 4.90. The zero-order valence-corrected chi connectivity index (χ0v) is 14.3. The number of hydrogen-bond donors (Lipinski definition) is 3. The second kappa shape index (κ2) is 8.34. The van der Waals surface area contributed by atoms with Crippen molar-refractivity contribution in [3.8, 4) is 0 Å². The van der Waals surface area contributed by atoms with E-state index in [0.29, 0.717) is 12.3 Å². The predicted molar refractivity (Wildman–Crippen MR) is 92.7 cm³/mol. The zero-order chi connectivity index (χ0) is 17.6. The van der Waals surface area contributed by atoms with Crippen molar-refractivity contribution in [3.63, 3.8) is 0 Å². The fourth-order valence-electron chi connectivity index (χ4n) is 2.97. The third kappa shape index (κ3) is 5.46. The minimum atomic E-state index is -1.24. The average molecular weight is 346 g/mol. The van der Waals surface area contributed by atoms with Crippen molar-refractivity contribution in [3.05, 3.63) is 35.9 Å². The highest BCUT2D eigenvalue weighted by Gasteiger charge is 2.34. The summed E-state index contributed by atoms with van der Waals surface area (Å²) in [5, 5.41) is 15.9. The summed E-state index contributed by atoms with van der Waals surface area (Å²) in [5.41, 5.74) is 0.889. The van der Waals surface area contributed by atoms with Gasteiger partial charge in [-0.05, 0) is 30.7 Å². The number of rotatable bonds is 8. The lowest BCUT2D eigenvalue weighted by molar-refractivity contribution is -0.131. The van der Waals surface area contributed by atoms with Crippen LogP contribution >= 0.6 is 0 Å². The maximum Gasteiger partial charge on any atom is 0.407 e. The zero-order valence-electron chi connectivity index (χ0n) is 14.3. The van der Waals surface area contributed by atoms with Crippen molar-refractivity contribution < 1.29 is 19.4 Å². The van der Waals surface area contributed by atoms with Gasteiger partial charge in [0.1, 0.15) is 6.61 Å². The van der Waals surface area contributed by atoms with E-state index in [1.54, 1.807) is 0 Å². The molecule has 0 aliphatic heterocycles. The molecule has 3 rings (SSSR count). The van der Waals surface area contributed by atoms with Crippen molar-refractivity contribution in [2.24, 2.45) is 5.92 Å². The van der Waals surface area contributed by atoms with Gasteiger partial charge in [-0.25, -0.2) is 4.79 Å². The molecule has 25 heavy (non-hydrogen) atoms. The van der Waals surface area contributed by atoms with Gasteiger partial charge in [-0.3, -0.25) is 4.79 Å². The maximum absolute atomic E-state index is 12.1. The summed E-state index contributed by atoms with van der Waals surface area (Å²) in [6.45, 7) is 0.160. The van der Waals surface area contributed by atoms with Crippen LogP contribution in [0.25, 0.3) is 0 Å². The third-order valence-corrected chi connectivity index (χ3v) is 4.90. The van der Waals surface area contributed by atoms with E-state index >= 15 is 0 Å². The molecule has 6 nitrogen and oxygen atoms in total. The summed E-state index contributed by atoms with van der Waals surface area (Å²) in [6.07, 6.45) is 3.98. The Morgan fingerprint density at radius 1 is 1.16 bits per heavy atom. The molecule has 2 aliphatic rings. The van der Waals surface area contributed by atoms with E-state index in [1.165, 1.54) is 6.42 Å². The molecule has 2 atom stereocenters. The van der Waals surface area contributed by atoms with Crippen LogP contribution in [0.4, 0.5) is 4.79 Å². The molecule has 3 N–H and O–H groups in total. The first kappa shape index (κ1) is 17.7. The van der Waals surface area contributed by atoms with Gasteiger partial charge in [0.25, 0.3) is 5.91 Å². The molecule has 0 bridgehead atoms. The SMILES string of the molecule is O=C(N[C@@H](CC1CCC1)[C@H](O)C(=O)NC1CC1)OCc1ccccc1. The number of carbonyl (C=O) groups excluding carboxylic acids is 2. The summed E-state index contributed by atoms with van der Waals surface area (Å²) in [4.78, 5) is 24.2. The predicted octanol–water partition coefficient (Wildman–Crippen LogP) is 2.11. The van der Waals surface area contributed by atoms with Crippen LogP contribution in [-0.4, -0.2) is 35.3 Å². The van der Waals surface area contributed by atoms with E-state index in [-0.39, 0.29) is 12.6 Å². The Labute approximate surface area is 147 Å². The fraction of sp³-hybridized carbons (Fsp3) is 0.579. The lowest BCUT2D eigenvalue weighted by atomic mass is 9.80. The fourth-order valence-corrected chi connectivity index (χ4v) is 2.97. The topological polar surface area (TPSA) is 87.7 Å². The van der Waals surface area contributed by atoms with Crippen LogP contribution in [0.3, 0.4) is 0 Å². The van der Waals surface area contributed by atoms with Gasteiger partial charge in [-0.2, -0.15) is 0 Å². The largest absolute Gasteiger partial charge is 0.445 e. The van der Waals surface area contributed by atoms with Crippen LogP contribution in [0.2, 0.25) is 0 Å². The van der Waals surface area contributed by atoms with E-state index in [1.807, 2.05) is 30.3 Å². The highest BCUT2D eigenvalue weighted by molar-refractivity contribution is 5.82. The molecule has 0 unspecified atom stereocenters. The van der Waals surface area contributed by atoms with Gasteiger partial charge in [0.05, 0.1) is 6.04 Å². The molecule has 2 saturated carbocycles. The molecule has 0 spiro atoms. The van der Waals surface area contributed by atoms with Crippen LogP contribution in [0, 0.1) is 5.92 Å². The first-order chi connectivity index (χ1) is 12.1. The Morgan fingerprint density at radius 2 is 1.88 bits per heavy atom. The van der Waals surface area contributed by atoms with Crippen LogP contribution in [0.1, 0.15) is 44.1 Å². The van der Waals surface area contributed by atoms with Crippen molar-refractivity contribution in [2.45, 2.75) is 63.3 Å². The smallest absolute Gasteiger partial charge is 0.407 e. The van der Waals surface area contributed by atoms with Crippen molar-refractivity contribution in [1.29, 1.82) is 0 Å². The standard InChI is InChI=1S/C19H26N2O4/c22-17(18(23)20-15-9-10-15)16(11-13-7-4-8-13)21-19(24)25-12-14-5-2-1-3-6-14/h1-3,5-6,13,15-17,22H,4,7-12H2,(H,20,23)(H,21,24)/t16-,17-/m0/s1. The molecule has 0 radical (unpaired) electrons. The van der Waals surface area contributed by atoms with Gasteiger partial charge in [-0.15, -0.1) is 0 Å². The molecule has 1 aromatic carbocycles. The number of ether oxygens (including phenoxy) is 1. The summed E-state index contributed by atoms with van der Waals surface area (Å²) >= 11 is 0. The number of alkyl carbamates (subject to hydrolysis) is 1. The first-order valence-electron chi connectivity index (χ1n) is 9.07. The van der Waals surface area contributed by atoms with Crippen molar-refractivity contribution in [2.75, 3.05) is 0 Å². The van der Waals surface area contributed by atoms with Gasteiger partial charge in [-0.1, -0.05) is 49.6 Å². The van der Waals surface area contributed by atoms with Crippen molar-refractivity contribution in [1.82, 2.24) is 10.6 Å². The molecule has 136 valence electrons. The highest BCUT2D eigenvalue weighted by atomic mass is 16.5. The minimum absolute atomic E-state index is 0.160. The molecule has 0 aromatic heterocycles. The monoisotopic (exact) mass is 346 g/mol. The molecular weight excluding hydrogens is 320 g/mol. The first-order valence-corrected chi connectivity index (χ1v) is 9.07. The van der Waals surface area contributed by atoms with Gasteiger partial charge >= 0.3 is 6.09 Å². The Morgan fingerprint density at radius 3 is 2.48 bits per heavy atom. The lowest BCUT2D eigenvalue weighted by Crippen LogP contribution is -2.52. The summed E-state index contributed by atoms with van der Waals surface area (Å²) in [5.74, 6) is 0.0398. The number of carbonyl (C=O) groups is 2. The molecule has 6 heteroatoms. The minimum Gasteiger partial charge on any atom is -0.445 e. The second-order valence-electron chi connectivity index (χ2n) is 7.07.